The Morgan fingerprint density at radius 2 is 2.07 bits per heavy atom. The van der Waals surface area contributed by atoms with Crippen LogP contribution in [0.25, 0.3) is 0 Å². The summed E-state index contributed by atoms with van der Waals surface area (Å²) in [6.07, 6.45) is 2.10. The SMILES string of the molecule is CCNC(=NCC1CCN(c2cc(Cl)ccc2C)C1)NC1CCN(C(=O)C(C)C)C1. The van der Waals surface area contributed by atoms with Crippen LogP contribution in [0.15, 0.2) is 23.2 Å². The van der Waals surface area contributed by atoms with Crippen LogP contribution in [0.2, 0.25) is 5.02 Å². The van der Waals surface area contributed by atoms with Crippen molar-refractivity contribution in [1.82, 2.24) is 15.5 Å². The van der Waals surface area contributed by atoms with Crippen molar-refractivity contribution in [3.63, 3.8) is 0 Å². The second kappa shape index (κ2) is 10.4. The van der Waals surface area contributed by atoms with E-state index >= 15 is 0 Å². The van der Waals surface area contributed by atoms with Crippen LogP contribution in [0.5, 0.6) is 0 Å². The Labute approximate surface area is 186 Å². The molecule has 0 spiro atoms. The Kier molecular flexibility index (Phi) is 7.87. The van der Waals surface area contributed by atoms with Gasteiger partial charge >= 0.3 is 0 Å². The highest BCUT2D eigenvalue weighted by molar-refractivity contribution is 6.30. The molecule has 0 radical (unpaired) electrons. The number of aryl methyl sites for hydroxylation is 1. The third-order valence-corrected chi connectivity index (χ3v) is 6.22. The zero-order valence-electron chi connectivity index (χ0n) is 18.7. The number of anilines is 1. The summed E-state index contributed by atoms with van der Waals surface area (Å²) in [6, 6.07) is 6.37. The van der Waals surface area contributed by atoms with Crippen molar-refractivity contribution < 1.29 is 4.79 Å². The third-order valence-electron chi connectivity index (χ3n) is 5.98. The Bertz CT molecular complexity index is 766. The summed E-state index contributed by atoms with van der Waals surface area (Å²) >= 11 is 6.21. The molecule has 2 atom stereocenters. The first-order chi connectivity index (χ1) is 14.4. The van der Waals surface area contributed by atoms with Crippen molar-refractivity contribution in [2.75, 3.05) is 44.2 Å². The molecule has 30 heavy (non-hydrogen) atoms. The lowest BCUT2D eigenvalue weighted by molar-refractivity contribution is -0.133. The fourth-order valence-electron chi connectivity index (χ4n) is 4.30. The van der Waals surface area contributed by atoms with Gasteiger partial charge in [0.2, 0.25) is 5.91 Å². The first kappa shape index (κ1) is 22.7. The fourth-order valence-corrected chi connectivity index (χ4v) is 4.47. The van der Waals surface area contributed by atoms with Gasteiger partial charge < -0.3 is 20.4 Å². The molecule has 2 N–H and O–H groups in total. The van der Waals surface area contributed by atoms with Crippen LogP contribution in [0, 0.1) is 18.8 Å². The van der Waals surface area contributed by atoms with Crippen LogP contribution >= 0.6 is 11.6 Å². The maximum atomic E-state index is 12.2. The van der Waals surface area contributed by atoms with Crippen molar-refractivity contribution in [2.45, 2.75) is 46.6 Å². The van der Waals surface area contributed by atoms with E-state index in [1.807, 2.05) is 24.8 Å². The second-order valence-electron chi connectivity index (χ2n) is 8.82. The van der Waals surface area contributed by atoms with Crippen LogP contribution < -0.4 is 15.5 Å². The molecule has 2 aliphatic rings. The quantitative estimate of drug-likeness (QED) is 0.534. The van der Waals surface area contributed by atoms with E-state index in [0.717, 1.165) is 63.1 Å². The second-order valence-corrected chi connectivity index (χ2v) is 9.26. The van der Waals surface area contributed by atoms with E-state index in [2.05, 4.69) is 41.5 Å². The molecule has 2 fully saturated rings. The van der Waals surface area contributed by atoms with Crippen LogP contribution in [-0.4, -0.2) is 62.1 Å². The summed E-state index contributed by atoms with van der Waals surface area (Å²) in [5.41, 5.74) is 2.50. The van der Waals surface area contributed by atoms with Gasteiger partial charge in [-0.25, -0.2) is 0 Å². The average molecular weight is 434 g/mol. The molecule has 166 valence electrons. The van der Waals surface area contributed by atoms with E-state index in [1.54, 1.807) is 0 Å². The van der Waals surface area contributed by atoms with Crippen molar-refractivity contribution >= 4 is 29.2 Å². The molecule has 0 bridgehead atoms. The minimum Gasteiger partial charge on any atom is -0.371 e. The summed E-state index contributed by atoms with van der Waals surface area (Å²) in [5, 5.41) is 7.69. The normalized spacial score (nSPS) is 22.1. The van der Waals surface area contributed by atoms with Crippen molar-refractivity contribution in [3.05, 3.63) is 28.8 Å². The first-order valence-electron chi connectivity index (χ1n) is 11.2. The minimum absolute atomic E-state index is 0.0547. The van der Waals surface area contributed by atoms with Crippen LogP contribution in [0.3, 0.4) is 0 Å². The van der Waals surface area contributed by atoms with E-state index in [4.69, 9.17) is 16.6 Å². The maximum absolute atomic E-state index is 12.2. The molecule has 0 saturated carbocycles. The van der Waals surface area contributed by atoms with Gasteiger partial charge in [0.05, 0.1) is 0 Å². The van der Waals surface area contributed by atoms with Gasteiger partial charge in [0.25, 0.3) is 0 Å². The molecule has 1 aromatic carbocycles. The highest BCUT2D eigenvalue weighted by Gasteiger charge is 2.28. The lowest BCUT2D eigenvalue weighted by Crippen LogP contribution is -2.45. The van der Waals surface area contributed by atoms with Gasteiger partial charge in [0, 0.05) is 61.9 Å². The number of hydrogen-bond donors (Lipinski definition) is 2. The van der Waals surface area contributed by atoms with Gasteiger partial charge in [-0.2, -0.15) is 0 Å². The van der Waals surface area contributed by atoms with E-state index in [0.29, 0.717) is 5.92 Å². The number of carbonyl (C=O) groups is 1. The fraction of sp³-hybridized carbons (Fsp3) is 0.652. The highest BCUT2D eigenvalue weighted by atomic mass is 35.5. The van der Waals surface area contributed by atoms with E-state index in [-0.39, 0.29) is 17.9 Å². The molecule has 2 heterocycles. The Hall–Kier alpha value is -1.95. The summed E-state index contributed by atoms with van der Waals surface area (Å²) in [7, 11) is 0. The van der Waals surface area contributed by atoms with Gasteiger partial charge in [0.15, 0.2) is 5.96 Å². The van der Waals surface area contributed by atoms with Crippen LogP contribution in [0.1, 0.15) is 39.2 Å². The molecule has 7 heteroatoms. The molecule has 2 unspecified atom stereocenters. The van der Waals surface area contributed by atoms with Gasteiger partial charge in [-0.1, -0.05) is 31.5 Å². The maximum Gasteiger partial charge on any atom is 0.225 e. The summed E-state index contributed by atoms with van der Waals surface area (Å²) in [6.45, 7) is 13.4. The zero-order chi connectivity index (χ0) is 21.7. The monoisotopic (exact) mass is 433 g/mol. The first-order valence-corrected chi connectivity index (χ1v) is 11.6. The van der Waals surface area contributed by atoms with E-state index in [1.165, 1.54) is 11.3 Å². The lowest BCUT2D eigenvalue weighted by Gasteiger charge is -2.21. The Balaban J connectivity index is 1.54. The summed E-state index contributed by atoms with van der Waals surface area (Å²) in [5.74, 6) is 1.68. The molecule has 1 aromatic rings. The predicted octanol–water partition coefficient (Wildman–Crippen LogP) is 3.29. The third kappa shape index (κ3) is 5.81. The molecule has 0 aromatic heterocycles. The average Bonchev–Trinajstić information content (AvgIpc) is 3.37. The number of nitrogens with zero attached hydrogens (tertiary/aromatic N) is 3. The number of amides is 1. The number of guanidine groups is 1. The molecule has 6 nitrogen and oxygen atoms in total. The van der Waals surface area contributed by atoms with Gasteiger partial charge in [-0.3, -0.25) is 9.79 Å². The van der Waals surface area contributed by atoms with Gasteiger partial charge in [0.1, 0.15) is 0 Å². The molecule has 0 aliphatic carbocycles. The molecule has 1 amide bonds. The standard InChI is InChI=1S/C23H36ClN5O/c1-5-25-23(27-20-9-11-29(15-20)22(30)16(2)3)26-13-18-8-10-28(14-18)21-12-19(24)7-6-17(21)4/h6-7,12,16,18,20H,5,8-11,13-15H2,1-4H3,(H2,25,26,27). The molecule has 2 aliphatic heterocycles. The Morgan fingerprint density at radius 1 is 1.27 bits per heavy atom. The minimum atomic E-state index is 0.0547. The number of nitrogens with one attached hydrogen (secondary N) is 2. The number of rotatable bonds is 6. The number of hydrogen-bond acceptors (Lipinski definition) is 3. The summed E-state index contributed by atoms with van der Waals surface area (Å²) in [4.78, 5) is 21.5. The van der Waals surface area contributed by atoms with E-state index in [9.17, 15) is 4.79 Å². The number of aliphatic imine (C=N–C) groups is 1. The van der Waals surface area contributed by atoms with Gasteiger partial charge in [-0.05, 0) is 50.3 Å². The van der Waals surface area contributed by atoms with Crippen molar-refractivity contribution in [2.24, 2.45) is 16.8 Å². The van der Waals surface area contributed by atoms with Crippen molar-refractivity contribution in [3.8, 4) is 0 Å². The number of likely N-dealkylation sites (tertiary alicyclic amines) is 1. The zero-order valence-corrected chi connectivity index (χ0v) is 19.5. The largest absolute Gasteiger partial charge is 0.371 e. The summed E-state index contributed by atoms with van der Waals surface area (Å²) < 4.78 is 0. The number of benzene rings is 1. The van der Waals surface area contributed by atoms with Crippen LogP contribution in [-0.2, 0) is 4.79 Å². The lowest BCUT2D eigenvalue weighted by atomic mass is 10.1. The Morgan fingerprint density at radius 3 is 2.80 bits per heavy atom. The van der Waals surface area contributed by atoms with Crippen molar-refractivity contribution in [1.29, 1.82) is 0 Å². The van der Waals surface area contributed by atoms with E-state index < -0.39 is 0 Å². The molecular formula is C23H36ClN5O. The van der Waals surface area contributed by atoms with Gasteiger partial charge in [-0.15, -0.1) is 0 Å². The molecular weight excluding hydrogens is 398 g/mol. The smallest absolute Gasteiger partial charge is 0.225 e. The number of carbonyl (C=O) groups excluding carboxylic acids is 1. The molecule has 2 saturated heterocycles. The highest BCUT2D eigenvalue weighted by Crippen LogP contribution is 2.29. The molecule has 3 rings (SSSR count). The predicted molar refractivity (Wildman–Crippen MR) is 125 cm³/mol. The topological polar surface area (TPSA) is 60.0 Å². The number of halogens is 1. The van der Waals surface area contributed by atoms with Crippen LogP contribution in [0.4, 0.5) is 5.69 Å².